The predicted molar refractivity (Wildman–Crippen MR) is 92.5 cm³/mol. The predicted octanol–water partition coefficient (Wildman–Crippen LogP) is 2.43. The third kappa shape index (κ3) is 4.55. The first-order valence-corrected chi connectivity index (χ1v) is 8.52. The maximum Gasteiger partial charge on any atom is 0.149 e. The van der Waals surface area contributed by atoms with Gasteiger partial charge in [-0.05, 0) is 19.1 Å². The summed E-state index contributed by atoms with van der Waals surface area (Å²) in [6, 6.07) is 3.76. The molecule has 0 aliphatic carbocycles. The lowest BCUT2D eigenvalue weighted by Crippen LogP contribution is -2.48. The Balaban J connectivity index is 1.45. The highest BCUT2D eigenvalue weighted by atomic mass is 19.1. The summed E-state index contributed by atoms with van der Waals surface area (Å²) < 4.78 is 34.8. The second-order valence-electron chi connectivity index (χ2n) is 6.50. The molecule has 0 radical (unpaired) electrons. The topological polar surface area (TPSA) is 33.5 Å². The molecule has 5 nitrogen and oxygen atoms in total. The van der Waals surface area contributed by atoms with Crippen LogP contribution in [0.5, 0.6) is 0 Å². The first-order valence-electron chi connectivity index (χ1n) is 8.52. The summed E-state index contributed by atoms with van der Waals surface area (Å²) >= 11 is 0. The van der Waals surface area contributed by atoms with Crippen molar-refractivity contribution in [3.63, 3.8) is 0 Å². The number of ether oxygens (including phenoxy) is 1. The SMILES string of the molecule is CC(CN1CCN(c2ccc(F)cc2F)CC1)OCc1cncn1C. The highest BCUT2D eigenvalue weighted by molar-refractivity contribution is 5.48. The number of hydrogen-bond acceptors (Lipinski definition) is 4. The van der Waals surface area contributed by atoms with Gasteiger partial charge in [0.25, 0.3) is 0 Å². The van der Waals surface area contributed by atoms with E-state index in [9.17, 15) is 8.78 Å². The summed E-state index contributed by atoms with van der Waals surface area (Å²) in [5.41, 5.74) is 1.52. The Morgan fingerprint density at radius 1 is 1.20 bits per heavy atom. The van der Waals surface area contributed by atoms with Crippen molar-refractivity contribution in [2.75, 3.05) is 37.6 Å². The van der Waals surface area contributed by atoms with Gasteiger partial charge in [-0.3, -0.25) is 4.90 Å². The number of nitrogens with zero attached hydrogens (tertiary/aromatic N) is 4. The van der Waals surface area contributed by atoms with Crippen LogP contribution in [-0.4, -0.2) is 53.3 Å². The highest BCUT2D eigenvalue weighted by Crippen LogP contribution is 2.21. The molecule has 1 fully saturated rings. The maximum atomic E-state index is 13.9. The van der Waals surface area contributed by atoms with Gasteiger partial charge in [0, 0.05) is 45.8 Å². The van der Waals surface area contributed by atoms with E-state index < -0.39 is 11.6 Å². The molecule has 0 spiro atoms. The average Bonchev–Trinajstić information content (AvgIpc) is 2.99. The van der Waals surface area contributed by atoms with Gasteiger partial charge in [0.15, 0.2) is 0 Å². The number of benzene rings is 1. The van der Waals surface area contributed by atoms with Gasteiger partial charge < -0.3 is 14.2 Å². The van der Waals surface area contributed by atoms with Crippen LogP contribution in [0, 0.1) is 11.6 Å². The van der Waals surface area contributed by atoms with Crippen LogP contribution in [0.15, 0.2) is 30.7 Å². The lowest BCUT2D eigenvalue weighted by atomic mass is 10.2. The summed E-state index contributed by atoms with van der Waals surface area (Å²) in [5.74, 6) is -1.04. The van der Waals surface area contributed by atoms with E-state index in [0.717, 1.165) is 44.5 Å². The second-order valence-corrected chi connectivity index (χ2v) is 6.50. The zero-order valence-electron chi connectivity index (χ0n) is 14.7. The van der Waals surface area contributed by atoms with E-state index in [0.29, 0.717) is 12.3 Å². The smallest absolute Gasteiger partial charge is 0.149 e. The van der Waals surface area contributed by atoms with E-state index in [4.69, 9.17) is 4.74 Å². The number of aryl methyl sites for hydroxylation is 1. The lowest BCUT2D eigenvalue weighted by Gasteiger charge is -2.37. The van der Waals surface area contributed by atoms with Gasteiger partial charge in [-0.15, -0.1) is 0 Å². The number of rotatable bonds is 6. The number of aromatic nitrogens is 2. The van der Waals surface area contributed by atoms with Gasteiger partial charge in [0.1, 0.15) is 11.6 Å². The van der Waals surface area contributed by atoms with Crippen molar-refractivity contribution in [1.82, 2.24) is 14.5 Å². The number of hydrogen-bond donors (Lipinski definition) is 0. The number of halogens is 2. The number of piperazine rings is 1. The molecule has 2 heterocycles. The first kappa shape index (κ1) is 17.8. The highest BCUT2D eigenvalue weighted by Gasteiger charge is 2.21. The molecular weight excluding hydrogens is 326 g/mol. The average molecular weight is 350 g/mol. The van der Waals surface area contributed by atoms with Gasteiger partial charge in [-0.25, -0.2) is 13.8 Å². The Kier molecular flexibility index (Phi) is 5.65. The Morgan fingerprint density at radius 3 is 2.60 bits per heavy atom. The van der Waals surface area contributed by atoms with Crippen LogP contribution < -0.4 is 4.90 Å². The van der Waals surface area contributed by atoms with Crippen molar-refractivity contribution in [1.29, 1.82) is 0 Å². The largest absolute Gasteiger partial charge is 0.371 e. The van der Waals surface area contributed by atoms with Gasteiger partial charge in [0.2, 0.25) is 0 Å². The third-order valence-corrected chi connectivity index (χ3v) is 4.57. The monoisotopic (exact) mass is 350 g/mol. The van der Waals surface area contributed by atoms with Crippen molar-refractivity contribution in [3.8, 4) is 0 Å². The normalized spacial score (nSPS) is 17.0. The summed E-state index contributed by atoms with van der Waals surface area (Å²) in [6.45, 7) is 6.53. The van der Waals surface area contributed by atoms with Crippen LogP contribution in [0.2, 0.25) is 0 Å². The van der Waals surface area contributed by atoms with Crippen LogP contribution in [0.3, 0.4) is 0 Å². The molecule has 1 atom stereocenters. The standard InChI is InChI=1S/C18H24F2N4O/c1-14(25-12-16-10-21-13-22(16)2)11-23-5-7-24(8-6-23)18-4-3-15(19)9-17(18)20/h3-4,9-10,13-14H,5-8,11-12H2,1-2H3. The summed E-state index contributed by atoms with van der Waals surface area (Å²) in [6.07, 6.45) is 3.67. The summed E-state index contributed by atoms with van der Waals surface area (Å²) in [7, 11) is 1.95. The van der Waals surface area contributed by atoms with Crippen molar-refractivity contribution in [2.45, 2.75) is 19.6 Å². The quantitative estimate of drug-likeness (QED) is 0.801. The molecule has 0 bridgehead atoms. The summed E-state index contributed by atoms with van der Waals surface area (Å²) in [4.78, 5) is 8.35. The zero-order valence-corrected chi connectivity index (χ0v) is 14.7. The van der Waals surface area contributed by atoms with E-state index in [1.807, 2.05) is 22.7 Å². The molecule has 1 unspecified atom stereocenters. The van der Waals surface area contributed by atoms with E-state index >= 15 is 0 Å². The minimum absolute atomic E-state index is 0.101. The molecule has 136 valence electrons. The van der Waals surface area contributed by atoms with Gasteiger partial charge in [0.05, 0.1) is 36.6 Å². The fourth-order valence-electron chi connectivity index (χ4n) is 3.08. The van der Waals surface area contributed by atoms with E-state index in [-0.39, 0.29) is 6.10 Å². The van der Waals surface area contributed by atoms with E-state index in [2.05, 4.69) is 16.8 Å². The fourth-order valence-corrected chi connectivity index (χ4v) is 3.08. The molecule has 1 saturated heterocycles. The third-order valence-electron chi connectivity index (χ3n) is 4.57. The minimum Gasteiger partial charge on any atom is -0.371 e. The maximum absolute atomic E-state index is 13.9. The van der Waals surface area contributed by atoms with Crippen molar-refractivity contribution in [2.24, 2.45) is 7.05 Å². The van der Waals surface area contributed by atoms with Crippen molar-refractivity contribution in [3.05, 3.63) is 48.1 Å². The first-order chi connectivity index (χ1) is 12.0. The molecule has 25 heavy (non-hydrogen) atoms. The molecule has 3 rings (SSSR count). The van der Waals surface area contributed by atoms with Gasteiger partial charge >= 0.3 is 0 Å². The van der Waals surface area contributed by atoms with Crippen LogP contribution in [0.25, 0.3) is 0 Å². The Morgan fingerprint density at radius 2 is 1.96 bits per heavy atom. The zero-order chi connectivity index (χ0) is 17.8. The van der Waals surface area contributed by atoms with Gasteiger partial charge in [-0.2, -0.15) is 0 Å². The molecule has 1 aliphatic rings. The summed E-state index contributed by atoms with van der Waals surface area (Å²) in [5, 5.41) is 0. The Bertz CT molecular complexity index is 698. The Hall–Kier alpha value is -1.99. The molecule has 1 aromatic heterocycles. The van der Waals surface area contributed by atoms with E-state index in [1.54, 1.807) is 6.33 Å². The second kappa shape index (κ2) is 7.93. The van der Waals surface area contributed by atoms with Crippen molar-refractivity contribution >= 4 is 5.69 Å². The molecule has 0 saturated carbocycles. The molecular formula is C18H24F2N4O. The van der Waals surface area contributed by atoms with Gasteiger partial charge in [-0.1, -0.05) is 0 Å². The lowest BCUT2D eigenvalue weighted by molar-refractivity contribution is 0.0231. The van der Waals surface area contributed by atoms with E-state index in [1.165, 1.54) is 12.1 Å². The molecule has 2 aromatic rings. The van der Waals surface area contributed by atoms with Crippen LogP contribution in [0.4, 0.5) is 14.5 Å². The van der Waals surface area contributed by atoms with Crippen LogP contribution in [-0.2, 0) is 18.4 Å². The van der Waals surface area contributed by atoms with Crippen LogP contribution >= 0.6 is 0 Å². The number of anilines is 1. The molecule has 1 aliphatic heterocycles. The fraction of sp³-hybridized carbons (Fsp3) is 0.500. The minimum atomic E-state index is -0.542. The molecule has 0 amide bonds. The Labute approximate surface area is 146 Å². The molecule has 7 heteroatoms. The molecule has 1 aromatic carbocycles. The van der Waals surface area contributed by atoms with Crippen LogP contribution in [0.1, 0.15) is 12.6 Å². The number of imidazole rings is 1. The molecule has 0 N–H and O–H groups in total. The van der Waals surface area contributed by atoms with Crippen molar-refractivity contribution < 1.29 is 13.5 Å².